The highest BCUT2D eigenvalue weighted by atomic mass is 19.1. The third-order valence-electron chi connectivity index (χ3n) is 6.22. The number of urea groups is 1. The van der Waals surface area contributed by atoms with E-state index in [0.717, 1.165) is 16.7 Å². The van der Waals surface area contributed by atoms with Crippen LogP contribution in [0.25, 0.3) is 0 Å². The number of carbonyl (C=O) groups is 2. The molecule has 8 heteroatoms. The van der Waals surface area contributed by atoms with E-state index in [2.05, 4.69) is 10.2 Å². The zero-order valence-electron chi connectivity index (χ0n) is 19.1. The topological polar surface area (TPSA) is 72.9 Å². The van der Waals surface area contributed by atoms with Crippen molar-refractivity contribution in [1.29, 1.82) is 0 Å². The summed E-state index contributed by atoms with van der Waals surface area (Å²) in [5.41, 5.74) is 2.56. The Hall–Kier alpha value is -3.78. The number of carboxylic acid groups (broad SMARTS) is 1. The first-order chi connectivity index (χ1) is 16.9. The van der Waals surface area contributed by atoms with Gasteiger partial charge in [0.25, 0.3) is 0 Å². The number of rotatable bonds is 7. The fourth-order valence-electron chi connectivity index (χ4n) is 4.38. The Morgan fingerprint density at radius 2 is 1.31 bits per heavy atom. The molecular weight excluding hydrogens is 452 g/mol. The van der Waals surface area contributed by atoms with Crippen molar-refractivity contribution in [3.8, 4) is 0 Å². The first-order valence-electron chi connectivity index (χ1n) is 11.5. The molecule has 35 heavy (non-hydrogen) atoms. The van der Waals surface area contributed by atoms with E-state index in [9.17, 15) is 23.5 Å². The average molecular weight is 480 g/mol. The molecule has 2 N–H and O–H groups in total. The molecule has 0 bridgehead atoms. The number of piperazine rings is 1. The molecule has 0 radical (unpaired) electrons. The predicted octanol–water partition coefficient (Wildman–Crippen LogP) is 4.08. The van der Waals surface area contributed by atoms with Gasteiger partial charge in [-0.05, 0) is 41.0 Å². The van der Waals surface area contributed by atoms with Crippen molar-refractivity contribution in [2.24, 2.45) is 0 Å². The number of nitrogens with one attached hydrogen (secondary N) is 1. The molecule has 0 spiro atoms. The van der Waals surface area contributed by atoms with Gasteiger partial charge in [-0.2, -0.15) is 0 Å². The normalized spacial score (nSPS) is 15.1. The third-order valence-corrected chi connectivity index (χ3v) is 6.22. The summed E-state index contributed by atoms with van der Waals surface area (Å²) in [5.74, 6) is -1.76. The minimum absolute atomic E-state index is 0.194. The molecule has 0 unspecified atom stereocenters. The monoisotopic (exact) mass is 479 g/mol. The smallest absolute Gasteiger partial charge is 0.326 e. The Morgan fingerprint density at radius 3 is 1.80 bits per heavy atom. The van der Waals surface area contributed by atoms with Crippen molar-refractivity contribution in [3.63, 3.8) is 0 Å². The molecule has 1 aliphatic rings. The molecule has 2 amide bonds. The zero-order chi connectivity index (χ0) is 24.8. The maximum atomic E-state index is 13.5. The van der Waals surface area contributed by atoms with Crippen LogP contribution in [-0.4, -0.2) is 59.1 Å². The minimum atomic E-state index is -1.09. The van der Waals surface area contributed by atoms with Crippen LogP contribution in [0.2, 0.25) is 0 Å². The summed E-state index contributed by atoms with van der Waals surface area (Å²) in [4.78, 5) is 28.3. The van der Waals surface area contributed by atoms with E-state index in [4.69, 9.17) is 0 Å². The van der Waals surface area contributed by atoms with E-state index in [1.807, 2.05) is 30.3 Å². The highest BCUT2D eigenvalue weighted by molar-refractivity contribution is 5.82. The maximum absolute atomic E-state index is 13.5. The molecule has 1 heterocycles. The maximum Gasteiger partial charge on any atom is 0.326 e. The van der Waals surface area contributed by atoms with Crippen molar-refractivity contribution in [3.05, 3.63) is 107 Å². The van der Waals surface area contributed by atoms with Crippen LogP contribution in [-0.2, 0) is 11.2 Å². The van der Waals surface area contributed by atoms with Crippen molar-refractivity contribution in [2.75, 3.05) is 26.2 Å². The van der Waals surface area contributed by atoms with Gasteiger partial charge in [0.15, 0.2) is 0 Å². The molecule has 0 aromatic heterocycles. The fraction of sp³-hybridized carbons (Fsp3) is 0.259. The van der Waals surface area contributed by atoms with E-state index in [-0.39, 0.29) is 24.1 Å². The summed E-state index contributed by atoms with van der Waals surface area (Å²) in [6.07, 6.45) is 0.194. The summed E-state index contributed by atoms with van der Waals surface area (Å²) in [5, 5.41) is 12.2. The minimum Gasteiger partial charge on any atom is -0.480 e. The van der Waals surface area contributed by atoms with Crippen LogP contribution in [0.3, 0.4) is 0 Å². The van der Waals surface area contributed by atoms with E-state index in [0.29, 0.717) is 26.2 Å². The first kappa shape index (κ1) is 24.3. The van der Waals surface area contributed by atoms with Gasteiger partial charge < -0.3 is 15.3 Å². The van der Waals surface area contributed by atoms with Crippen molar-refractivity contribution in [1.82, 2.24) is 15.1 Å². The van der Waals surface area contributed by atoms with Gasteiger partial charge in [-0.25, -0.2) is 18.4 Å². The van der Waals surface area contributed by atoms with Gasteiger partial charge in [-0.3, -0.25) is 4.90 Å². The molecule has 1 fully saturated rings. The second-order valence-electron chi connectivity index (χ2n) is 8.56. The molecule has 3 aromatic carbocycles. The van der Waals surface area contributed by atoms with Gasteiger partial charge in [-0.15, -0.1) is 0 Å². The number of aliphatic carboxylic acids is 1. The highest BCUT2D eigenvalue weighted by Gasteiger charge is 2.30. The van der Waals surface area contributed by atoms with E-state index >= 15 is 0 Å². The van der Waals surface area contributed by atoms with Crippen LogP contribution in [0, 0.1) is 11.6 Å². The zero-order valence-corrected chi connectivity index (χ0v) is 19.1. The molecule has 0 aliphatic carbocycles. The quantitative estimate of drug-likeness (QED) is 0.536. The van der Waals surface area contributed by atoms with Crippen LogP contribution in [0.4, 0.5) is 13.6 Å². The standard InChI is InChI=1S/C27H27F2N3O3/c28-22-10-6-20(7-11-22)25(21-8-12-23(29)13-9-21)31-14-16-32(17-15-31)27(35)30-24(26(33)34)18-19-4-2-1-3-5-19/h1-13,24-25H,14-18H2,(H,30,35)(H,33,34)/t24-/m1/s1. The fourth-order valence-corrected chi connectivity index (χ4v) is 4.38. The largest absolute Gasteiger partial charge is 0.480 e. The molecule has 1 aliphatic heterocycles. The Kier molecular flexibility index (Phi) is 7.72. The number of amides is 2. The van der Waals surface area contributed by atoms with Crippen LogP contribution in [0.1, 0.15) is 22.7 Å². The van der Waals surface area contributed by atoms with E-state index in [1.165, 1.54) is 24.3 Å². The average Bonchev–Trinajstić information content (AvgIpc) is 2.87. The molecule has 182 valence electrons. The summed E-state index contributed by atoms with van der Waals surface area (Å²) < 4.78 is 27.1. The summed E-state index contributed by atoms with van der Waals surface area (Å²) in [6.45, 7) is 1.82. The van der Waals surface area contributed by atoms with Gasteiger partial charge in [0, 0.05) is 32.6 Å². The summed E-state index contributed by atoms with van der Waals surface area (Å²) >= 11 is 0. The number of hydrogen-bond acceptors (Lipinski definition) is 3. The SMILES string of the molecule is O=C(O)[C@@H](Cc1ccccc1)NC(=O)N1CCN(C(c2ccc(F)cc2)c2ccc(F)cc2)CC1. The van der Waals surface area contributed by atoms with Crippen LogP contribution in [0.5, 0.6) is 0 Å². The van der Waals surface area contributed by atoms with Gasteiger partial charge in [0.2, 0.25) is 0 Å². The predicted molar refractivity (Wildman–Crippen MR) is 128 cm³/mol. The van der Waals surface area contributed by atoms with Crippen molar-refractivity contribution < 1.29 is 23.5 Å². The molecular formula is C27H27F2N3O3. The number of benzene rings is 3. The number of hydrogen-bond donors (Lipinski definition) is 2. The Labute approximate surface area is 202 Å². The Morgan fingerprint density at radius 1 is 0.800 bits per heavy atom. The lowest BCUT2D eigenvalue weighted by molar-refractivity contribution is -0.139. The van der Waals surface area contributed by atoms with E-state index in [1.54, 1.807) is 29.2 Å². The van der Waals surface area contributed by atoms with Crippen molar-refractivity contribution in [2.45, 2.75) is 18.5 Å². The van der Waals surface area contributed by atoms with Gasteiger partial charge in [0.1, 0.15) is 17.7 Å². The summed E-state index contributed by atoms with van der Waals surface area (Å²) in [7, 11) is 0. The lowest BCUT2D eigenvalue weighted by atomic mass is 9.96. The van der Waals surface area contributed by atoms with Gasteiger partial charge in [-0.1, -0.05) is 54.6 Å². The number of carbonyl (C=O) groups excluding carboxylic acids is 1. The Balaban J connectivity index is 1.43. The van der Waals surface area contributed by atoms with Crippen LogP contribution >= 0.6 is 0 Å². The molecule has 1 saturated heterocycles. The van der Waals surface area contributed by atoms with E-state index < -0.39 is 18.0 Å². The second kappa shape index (κ2) is 11.1. The highest BCUT2D eigenvalue weighted by Crippen LogP contribution is 2.30. The van der Waals surface area contributed by atoms with Crippen LogP contribution in [0.15, 0.2) is 78.9 Å². The van der Waals surface area contributed by atoms with Crippen LogP contribution < -0.4 is 5.32 Å². The van der Waals surface area contributed by atoms with Gasteiger partial charge >= 0.3 is 12.0 Å². The molecule has 4 rings (SSSR count). The van der Waals surface area contributed by atoms with Gasteiger partial charge in [0.05, 0.1) is 6.04 Å². The molecule has 1 atom stereocenters. The lowest BCUT2D eigenvalue weighted by Gasteiger charge is -2.40. The number of carboxylic acids is 1. The third kappa shape index (κ3) is 6.22. The Bertz CT molecular complexity index is 1090. The number of nitrogens with zero attached hydrogens (tertiary/aromatic N) is 2. The summed E-state index contributed by atoms with van der Waals surface area (Å²) in [6, 6.07) is 19.9. The molecule has 3 aromatic rings. The number of halogens is 2. The molecule has 0 saturated carbocycles. The van der Waals surface area contributed by atoms with Crippen molar-refractivity contribution >= 4 is 12.0 Å². The lowest BCUT2D eigenvalue weighted by Crippen LogP contribution is -2.55. The molecule has 6 nitrogen and oxygen atoms in total. The first-order valence-corrected chi connectivity index (χ1v) is 11.5. The second-order valence-corrected chi connectivity index (χ2v) is 8.56.